The van der Waals surface area contributed by atoms with Crippen LogP contribution in [-0.2, 0) is 9.47 Å². The van der Waals surface area contributed by atoms with Crippen molar-refractivity contribution in [3.8, 4) is 11.5 Å². The predicted molar refractivity (Wildman–Crippen MR) is 64.2 cm³/mol. The molecule has 18 heavy (non-hydrogen) atoms. The third kappa shape index (κ3) is 3.00. The van der Waals surface area contributed by atoms with Crippen molar-refractivity contribution in [1.82, 2.24) is 0 Å². The van der Waals surface area contributed by atoms with E-state index in [9.17, 15) is 4.79 Å². The van der Waals surface area contributed by atoms with Gasteiger partial charge in [-0.25, -0.2) is 0 Å². The maximum atomic E-state index is 12.1. The van der Waals surface area contributed by atoms with E-state index in [1.165, 1.54) is 0 Å². The number of methoxy groups -OCH3 is 2. The molecule has 1 fully saturated rings. The predicted octanol–water partition coefficient (Wildman–Crippen LogP) is 1.65. The zero-order valence-corrected chi connectivity index (χ0v) is 10.5. The van der Waals surface area contributed by atoms with E-state index in [0.717, 1.165) is 0 Å². The van der Waals surface area contributed by atoms with E-state index in [4.69, 9.17) is 18.9 Å². The quantitative estimate of drug-likeness (QED) is 0.746. The lowest BCUT2D eigenvalue weighted by atomic mass is 10.1. The van der Waals surface area contributed by atoms with Gasteiger partial charge in [0, 0.05) is 11.6 Å². The first-order valence-corrected chi connectivity index (χ1v) is 5.72. The molecule has 0 N–H and O–H groups in total. The van der Waals surface area contributed by atoms with Crippen LogP contribution in [0.5, 0.6) is 11.5 Å². The van der Waals surface area contributed by atoms with Crippen molar-refractivity contribution < 1.29 is 23.7 Å². The minimum atomic E-state index is -0.435. The molecule has 1 aliphatic heterocycles. The molecular formula is C13H16O5. The van der Waals surface area contributed by atoms with Crippen molar-refractivity contribution in [2.24, 2.45) is 0 Å². The molecule has 0 atom stereocenters. The molecule has 1 aromatic carbocycles. The average molecular weight is 252 g/mol. The maximum absolute atomic E-state index is 12.1. The molecule has 5 heteroatoms. The molecule has 1 heterocycles. The molecule has 0 saturated carbocycles. The first kappa shape index (κ1) is 12.9. The van der Waals surface area contributed by atoms with Gasteiger partial charge in [-0.15, -0.1) is 0 Å². The zero-order chi connectivity index (χ0) is 13.0. The number of carbonyl (C=O) groups excluding carboxylic acids is 1. The molecule has 1 saturated heterocycles. The SMILES string of the molecule is COc1cc(OC)cc(C(=O)CC2OCCO2)c1. The van der Waals surface area contributed by atoms with Gasteiger partial charge in [-0.05, 0) is 12.1 Å². The second-order valence-electron chi connectivity index (χ2n) is 3.90. The fraction of sp³-hybridized carbons (Fsp3) is 0.462. The molecule has 0 amide bonds. The van der Waals surface area contributed by atoms with Crippen molar-refractivity contribution >= 4 is 5.78 Å². The summed E-state index contributed by atoms with van der Waals surface area (Å²) in [6.45, 7) is 1.08. The molecule has 1 aromatic rings. The van der Waals surface area contributed by atoms with Gasteiger partial charge in [-0.3, -0.25) is 4.79 Å². The van der Waals surface area contributed by atoms with Gasteiger partial charge in [0.1, 0.15) is 11.5 Å². The highest BCUT2D eigenvalue weighted by Crippen LogP contribution is 2.24. The smallest absolute Gasteiger partial charge is 0.168 e. The van der Waals surface area contributed by atoms with Gasteiger partial charge < -0.3 is 18.9 Å². The molecular weight excluding hydrogens is 236 g/mol. The Morgan fingerprint density at radius 3 is 2.22 bits per heavy atom. The minimum Gasteiger partial charge on any atom is -0.497 e. The first-order chi connectivity index (χ1) is 8.72. The van der Waals surface area contributed by atoms with Crippen LogP contribution < -0.4 is 9.47 Å². The van der Waals surface area contributed by atoms with E-state index in [1.54, 1.807) is 32.4 Å². The molecule has 0 bridgehead atoms. The summed E-state index contributed by atoms with van der Waals surface area (Å²) in [6, 6.07) is 5.08. The third-order valence-corrected chi connectivity index (χ3v) is 2.72. The Kier molecular flexibility index (Phi) is 4.17. The van der Waals surface area contributed by atoms with Crippen LogP contribution in [-0.4, -0.2) is 39.5 Å². The van der Waals surface area contributed by atoms with Crippen molar-refractivity contribution in [1.29, 1.82) is 0 Å². The van der Waals surface area contributed by atoms with Crippen molar-refractivity contribution in [2.45, 2.75) is 12.7 Å². The summed E-state index contributed by atoms with van der Waals surface area (Å²) in [5.41, 5.74) is 0.533. The van der Waals surface area contributed by atoms with Gasteiger partial charge in [0.15, 0.2) is 12.1 Å². The van der Waals surface area contributed by atoms with Crippen LogP contribution in [0.1, 0.15) is 16.8 Å². The number of hydrogen-bond donors (Lipinski definition) is 0. The van der Waals surface area contributed by atoms with Crippen LogP contribution in [0.3, 0.4) is 0 Å². The molecule has 98 valence electrons. The van der Waals surface area contributed by atoms with E-state index in [2.05, 4.69) is 0 Å². The van der Waals surface area contributed by atoms with Crippen LogP contribution in [0.25, 0.3) is 0 Å². The maximum Gasteiger partial charge on any atom is 0.168 e. The summed E-state index contributed by atoms with van der Waals surface area (Å²) in [5, 5.41) is 0. The fourth-order valence-corrected chi connectivity index (χ4v) is 1.76. The summed E-state index contributed by atoms with van der Waals surface area (Å²) in [6.07, 6.45) is -0.231. The number of ketones is 1. The second kappa shape index (κ2) is 5.84. The van der Waals surface area contributed by atoms with Crippen molar-refractivity contribution in [3.05, 3.63) is 23.8 Å². The molecule has 1 aliphatic rings. The molecule has 0 unspecified atom stereocenters. The Balaban J connectivity index is 2.12. The van der Waals surface area contributed by atoms with Gasteiger partial charge in [0.25, 0.3) is 0 Å². The first-order valence-electron chi connectivity index (χ1n) is 5.72. The molecule has 5 nitrogen and oxygen atoms in total. The largest absolute Gasteiger partial charge is 0.497 e. The summed E-state index contributed by atoms with van der Waals surface area (Å²) >= 11 is 0. The Hall–Kier alpha value is -1.59. The highest BCUT2D eigenvalue weighted by molar-refractivity contribution is 5.97. The van der Waals surface area contributed by atoms with Crippen LogP contribution in [0, 0.1) is 0 Å². The van der Waals surface area contributed by atoms with Gasteiger partial charge in [0.2, 0.25) is 0 Å². The number of hydrogen-bond acceptors (Lipinski definition) is 5. The van der Waals surface area contributed by atoms with Crippen LogP contribution >= 0.6 is 0 Å². The lowest BCUT2D eigenvalue weighted by Crippen LogP contribution is -2.14. The van der Waals surface area contributed by atoms with Crippen molar-refractivity contribution in [3.63, 3.8) is 0 Å². The Morgan fingerprint density at radius 1 is 1.17 bits per heavy atom. The number of Topliss-reactive ketones (excluding diaryl/α,β-unsaturated/α-hetero) is 1. The van der Waals surface area contributed by atoms with Gasteiger partial charge in [-0.1, -0.05) is 0 Å². The summed E-state index contributed by atoms with van der Waals surface area (Å²) < 4.78 is 20.8. The summed E-state index contributed by atoms with van der Waals surface area (Å²) in [5.74, 6) is 1.12. The van der Waals surface area contributed by atoms with Crippen molar-refractivity contribution in [2.75, 3.05) is 27.4 Å². The third-order valence-electron chi connectivity index (χ3n) is 2.72. The number of ether oxygens (including phenoxy) is 4. The number of rotatable bonds is 5. The number of carbonyl (C=O) groups is 1. The average Bonchev–Trinajstić information content (AvgIpc) is 2.90. The van der Waals surface area contributed by atoms with E-state index < -0.39 is 6.29 Å². The molecule has 0 radical (unpaired) electrons. The summed E-state index contributed by atoms with van der Waals surface area (Å²) in [4.78, 5) is 12.1. The second-order valence-corrected chi connectivity index (χ2v) is 3.90. The van der Waals surface area contributed by atoms with E-state index in [-0.39, 0.29) is 12.2 Å². The molecule has 2 rings (SSSR count). The molecule has 0 spiro atoms. The standard InChI is InChI=1S/C13H16O5/c1-15-10-5-9(6-11(7-10)16-2)12(14)8-13-17-3-4-18-13/h5-7,13H,3-4,8H2,1-2H3. The van der Waals surface area contributed by atoms with Crippen LogP contribution in [0.4, 0.5) is 0 Å². The van der Waals surface area contributed by atoms with E-state index >= 15 is 0 Å². The normalized spacial score (nSPS) is 15.7. The molecule has 0 aliphatic carbocycles. The van der Waals surface area contributed by atoms with Gasteiger partial charge in [-0.2, -0.15) is 0 Å². The molecule has 0 aromatic heterocycles. The van der Waals surface area contributed by atoms with Crippen LogP contribution in [0.15, 0.2) is 18.2 Å². The van der Waals surface area contributed by atoms with Gasteiger partial charge in [0.05, 0.1) is 33.9 Å². The van der Waals surface area contributed by atoms with E-state index in [1.807, 2.05) is 0 Å². The van der Waals surface area contributed by atoms with E-state index in [0.29, 0.717) is 30.3 Å². The summed E-state index contributed by atoms with van der Waals surface area (Å²) in [7, 11) is 3.10. The monoisotopic (exact) mass is 252 g/mol. The Morgan fingerprint density at radius 2 is 1.72 bits per heavy atom. The topological polar surface area (TPSA) is 54.0 Å². The minimum absolute atomic E-state index is 0.0564. The number of benzene rings is 1. The Bertz CT molecular complexity index is 401. The Labute approximate surface area is 106 Å². The lowest BCUT2D eigenvalue weighted by Gasteiger charge is -2.10. The lowest BCUT2D eigenvalue weighted by molar-refractivity contribution is -0.0407. The highest BCUT2D eigenvalue weighted by atomic mass is 16.7. The fourth-order valence-electron chi connectivity index (χ4n) is 1.76. The van der Waals surface area contributed by atoms with Gasteiger partial charge >= 0.3 is 0 Å². The highest BCUT2D eigenvalue weighted by Gasteiger charge is 2.21. The zero-order valence-electron chi connectivity index (χ0n) is 10.5. The van der Waals surface area contributed by atoms with Crippen LogP contribution in [0.2, 0.25) is 0 Å².